The van der Waals surface area contributed by atoms with Gasteiger partial charge in [-0.15, -0.1) is 0 Å². The lowest BCUT2D eigenvalue weighted by atomic mass is 9.94. The molecule has 0 saturated carbocycles. The van der Waals surface area contributed by atoms with Crippen LogP contribution in [0.2, 0.25) is 0 Å². The van der Waals surface area contributed by atoms with E-state index < -0.39 is 23.5 Å². The molecule has 178 valence electrons. The minimum atomic E-state index is -0.676. The van der Waals surface area contributed by atoms with Crippen molar-refractivity contribution in [3.8, 4) is 0 Å². The van der Waals surface area contributed by atoms with Crippen molar-refractivity contribution in [3.05, 3.63) is 53.1 Å². The number of nitrogens with zero attached hydrogens (tertiary/aromatic N) is 4. The number of halogens is 3. The minimum Gasteiger partial charge on any atom is -0.341 e. The van der Waals surface area contributed by atoms with Crippen molar-refractivity contribution in [1.29, 1.82) is 0 Å². The van der Waals surface area contributed by atoms with E-state index in [2.05, 4.69) is 23.8 Å². The fourth-order valence-corrected chi connectivity index (χ4v) is 4.41. The molecule has 2 aliphatic rings. The first-order valence-electron chi connectivity index (χ1n) is 11.5. The third-order valence-corrected chi connectivity index (χ3v) is 6.28. The molecule has 1 atom stereocenters. The summed E-state index contributed by atoms with van der Waals surface area (Å²) in [5.41, 5.74) is 0.812. The molecular formula is C24H29F3N4O2. The maximum absolute atomic E-state index is 14.1. The topological polar surface area (TPSA) is 58.6 Å². The van der Waals surface area contributed by atoms with E-state index in [1.165, 1.54) is 23.4 Å². The number of anilines is 1. The van der Waals surface area contributed by atoms with E-state index >= 15 is 0 Å². The summed E-state index contributed by atoms with van der Waals surface area (Å²) in [5.74, 6) is -1.28. The molecule has 2 aromatic rings. The summed E-state index contributed by atoms with van der Waals surface area (Å²) in [6.45, 7) is 5.59. The number of piperidine rings is 1. The highest BCUT2D eigenvalue weighted by molar-refractivity contribution is 5.79. The predicted octanol–water partition coefficient (Wildman–Crippen LogP) is 4.60. The minimum absolute atomic E-state index is 0.181. The molecule has 2 aliphatic heterocycles. The smallest absolute Gasteiger partial charge is 0.249 e. The molecule has 2 saturated heterocycles. The third kappa shape index (κ3) is 5.46. The SMILES string of the molecule is CC(C)CCc1nc(N2CCC(C(=O)N3OCC[C@H]3c3cc(F)cc(F)c3)CC2)ncc1F. The molecule has 6 nitrogen and oxygen atoms in total. The van der Waals surface area contributed by atoms with Crippen LogP contribution < -0.4 is 4.90 Å². The van der Waals surface area contributed by atoms with E-state index in [1.54, 1.807) is 0 Å². The van der Waals surface area contributed by atoms with Gasteiger partial charge in [0.25, 0.3) is 0 Å². The maximum Gasteiger partial charge on any atom is 0.249 e. The van der Waals surface area contributed by atoms with Crippen LogP contribution in [0, 0.1) is 29.3 Å². The molecule has 0 spiro atoms. The zero-order valence-electron chi connectivity index (χ0n) is 18.9. The molecular weight excluding hydrogens is 433 g/mol. The first-order valence-corrected chi connectivity index (χ1v) is 11.5. The van der Waals surface area contributed by atoms with Crippen molar-refractivity contribution in [1.82, 2.24) is 15.0 Å². The van der Waals surface area contributed by atoms with Gasteiger partial charge in [-0.3, -0.25) is 9.63 Å². The molecule has 1 aromatic carbocycles. The number of rotatable bonds is 6. The Morgan fingerprint density at radius 2 is 1.82 bits per heavy atom. The van der Waals surface area contributed by atoms with Crippen LogP contribution in [0.3, 0.4) is 0 Å². The normalized spacial score (nSPS) is 19.5. The quantitative estimate of drug-likeness (QED) is 0.628. The maximum atomic E-state index is 14.1. The standard InChI is InChI=1S/C24H29F3N4O2/c1-15(2)3-4-21-20(27)14-28-24(29-21)30-8-5-16(6-9-30)23(32)31-22(7-10-33-31)17-11-18(25)13-19(26)12-17/h11-16,22H,3-10H2,1-2H3/t22-/m0/s1. The monoisotopic (exact) mass is 462 g/mol. The van der Waals surface area contributed by atoms with Crippen LogP contribution in [0.15, 0.2) is 24.4 Å². The Morgan fingerprint density at radius 1 is 1.12 bits per heavy atom. The Balaban J connectivity index is 1.39. The van der Waals surface area contributed by atoms with Crippen molar-refractivity contribution in [2.24, 2.45) is 11.8 Å². The molecule has 1 aromatic heterocycles. The van der Waals surface area contributed by atoms with Crippen LogP contribution in [-0.2, 0) is 16.1 Å². The van der Waals surface area contributed by atoms with Gasteiger partial charge in [0.2, 0.25) is 11.9 Å². The molecule has 0 bridgehead atoms. The molecule has 2 fully saturated rings. The molecule has 0 radical (unpaired) electrons. The largest absolute Gasteiger partial charge is 0.341 e. The van der Waals surface area contributed by atoms with Crippen molar-refractivity contribution < 1.29 is 22.8 Å². The van der Waals surface area contributed by atoms with Gasteiger partial charge < -0.3 is 4.90 Å². The van der Waals surface area contributed by atoms with Gasteiger partial charge in [-0.2, -0.15) is 0 Å². The molecule has 0 aliphatic carbocycles. The average molecular weight is 463 g/mol. The lowest BCUT2D eigenvalue weighted by Gasteiger charge is -2.34. The van der Waals surface area contributed by atoms with Crippen molar-refractivity contribution in [2.75, 3.05) is 24.6 Å². The van der Waals surface area contributed by atoms with Gasteiger partial charge in [-0.1, -0.05) is 13.8 Å². The number of carbonyl (C=O) groups is 1. The average Bonchev–Trinajstić information content (AvgIpc) is 3.27. The van der Waals surface area contributed by atoms with Crippen LogP contribution in [0.4, 0.5) is 19.1 Å². The second kappa shape index (κ2) is 10.1. The zero-order chi connectivity index (χ0) is 23.5. The highest BCUT2D eigenvalue weighted by Crippen LogP contribution is 2.34. The Labute approximate surface area is 191 Å². The van der Waals surface area contributed by atoms with Crippen LogP contribution in [0.1, 0.15) is 56.8 Å². The summed E-state index contributed by atoms with van der Waals surface area (Å²) < 4.78 is 41.5. The number of carbonyl (C=O) groups excluding carboxylic acids is 1. The van der Waals surface area contributed by atoms with Crippen LogP contribution in [-0.4, -0.2) is 40.6 Å². The molecule has 0 unspecified atom stereocenters. The molecule has 0 N–H and O–H groups in total. The Morgan fingerprint density at radius 3 is 2.48 bits per heavy atom. The van der Waals surface area contributed by atoms with Gasteiger partial charge in [-0.05, 0) is 49.3 Å². The van der Waals surface area contributed by atoms with Gasteiger partial charge in [-0.25, -0.2) is 28.2 Å². The summed E-state index contributed by atoms with van der Waals surface area (Å²) in [6.07, 6.45) is 4.22. The Hall–Kier alpha value is -2.68. The number of hydroxylamine groups is 2. The molecule has 33 heavy (non-hydrogen) atoms. The summed E-state index contributed by atoms with van der Waals surface area (Å²) >= 11 is 0. The molecule has 3 heterocycles. The highest BCUT2D eigenvalue weighted by Gasteiger charge is 2.37. The highest BCUT2D eigenvalue weighted by atomic mass is 19.1. The molecule has 4 rings (SSSR count). The van der Waals surface area contributed by atoms with Crippen molar-refractivity contribution in [2.45, 2.75) is 52.0 Å². The Bertz CT molecular complexity index is 975. The predicted molar refractivity (Wildman–Crippen MR) is 117 cm³/mol. The summed E-state index contributed by atoms with van der Waals surface area (Å²) in [4.78, 5) is 29.3. The van der Waals surface area contributed by atoms with Crippen molar-refractivity contribution in [3.63, 3.8) is 0 Å². The fourth-order valence-electron chi connectivity index (χ4n) is 4.41. The summed E-state index contributed by atoms with van der Waals surface area (Å²) in [7, 11) is 0. The number of benzene rings is 1. The van der Waals surface area contributed by atoms with E-state index in [0.29, 0.717) is 68.5 Å². The number of hydrogen-bond donors (Lipinski definition) is 0. The number of aryl methyl sites for hydroxylation is 1. The lowest BCUT2D eigenvalue weighted by molar-refractivity contribution is -0.182. The van der Waals surface area contributed by atoms with E-state index in [9.17, 15) is 18.0 Å². The third-order valence-electron chi connectivity index (χ3n) is 6.28. The van der Waals surface area contributed by atoms with Gasteiger partial charge >= 0.3 is 0 Å². The number of amides is 1. The number of hydrogen-bond acceptors (Lipinski definition) is 5. The summed E-state index contributed by atoms with van der Waals surface area (Å²) in [6, 6.07) is 2.79. The molecule has 1 amide bonds. The van der Waals surface area contributed by atoms with E-state index in [1.807, 2.05) is 4.90 Å². The fraction of sp³-hybridized carbons (Fsp3) is 0.542. The van der Waals surface area contributed by atoms with Gasteiger partial charge in [0.05, 0.1) is 24.5 Å². The van der Waals surface area contributed by atoms with Gasteiger partial charge in [0, 0.05) is 31.5 Å². The zero-order valence-corrected chi connectivity index (χ0v) is 18.9. The first kappa shape index (κ1) is 23.5. The van der Waals surface area contributed by atoms with Gasteiger partial charge in [0.15, 0.2) is 5.82 Å². The second-order valence-corrected chi connectivity index (χ2v) is 9.16. The second-order valence-electron chi connectivity index (χ2n) is 9.16. The number of aromatic nitrogens is 2. The van der Waals surface area contributed by atoms with E-state index in [4.69, 9.17) is 4.84 Å². The Kier molecular flexibility index (Phi) is 7.17. The first-order chi connectivity index (χ1) is 15.8. The van der Waals surface area contributed by atoms with Gasteiger partial charge in [0.1, 0.15) is 11.6 Å². The van der Waals surface area contributed by atoms with Crippen LogP contribution >= 0.6 is 0 Å². The molecule has 9 heteroatoms. The van der Waals surface area contributed by atoms with E-state index in [-0.39, 0.29) is 11.8 Å². The summed E-state index contributed by atoms with van der Waals surface area (Å²) in [5, 5.41) is 1.28. The van der Waals surface area contributed by atoms with Crippen molar-refractivity contribution >= 4 is 11.9 Å². The lowest BCUT2D eigenvalue weighted by Crippen LogP contribution is -2.42. The van der Waals surface area contributed by atoms with Crippen LogP contribution in [0.25, 0.3) is 0 Å². The van der Waals surface area contributed by atoms with Crippen LogP contribution in [0.5, 0.6) is 0 Å². The van der Waals surface area contributed by atoms with E-state index in [0.717, 1.165) is 12.5 Å².